The average molecular weight is 347 g/mol. The molecule has 0 atom stereocenters. The Morgan fingerprint density at radius 3 is 2.38 bits per heavy atom. The van der Waals surface area contributed by atoms with Crippen LogP contribution < -0.4 is 0 Å². The number of likely N-dealkylation sites (tertiary alicyclic amines) is 1. The van der Waals surface area contributed by atoms with Crippen LogP contribution in [0.3, 0.4) is 0 Å². The van der Waals surface area contributed by atoms with Gasteiger partial charge in [0.15, 0.2) is 0 Å². The van der Waals surface area contributed by atoms with E-state index in [4.69, 9.17) is 4.98 Å². The highest BCUT2D eigenvalue weighted by molar-refractivity contribution is 5.84. The highest BCUT2D eigenvalue weighted by atomic mass is 16.2. The summed E-state index contributed by atoms with van der Waals surface area (Å²) in [7, 11) is 0. The number of benzene rings is 2. The van der Waals surface area contributed by atoms with Crippen molar-refractivity contribution in [2.75, 3.05) is 13.1 Å². The van der Waals surface area contributed by atoms with Crippen molar-refractivity contribution in [1.82, 2.24) is 14.5 Å². The molecule has 134 valence electrons. The van der Waals surface area contributed by atoms with E-state index in [0.717, 1.165) is 48.4 Å². The van der Waals surface area contributed by atoms with Gasteiger partial charge in [-0.05, 0) is 31.9 Å². The highest BCUT2D eigenvalue weighted by Crippen LogP contribution is 2.25. The predicted octanol–water partition coefficient (Wildman–Crippen LogP) is 4.41. The third-order valence-electron chi connectivity index (χ3n) is 5.22. The Kier molecular flexibility index (Phi) is 4.74. The summed E-state index contributed by atoms with van der Waals surface area (Å²) in [5, 5.41) is 0. The molecule has 4 heteroatoms. The van der Waals surface area contributed by atoms with Gasteiger partial charge in [-0.15, -0.1) is 0 Å². The summed E-state index contributed by atoms with van der Waals surface area (Å²) in [5.41, 5.74) is 4.23. The molecule has 0 N–H and O–H groups in total. The zero-order valence-corrected chi connectivity index (χ0v) is 15.3. The molecular formula is C22H25N3O. The molecule has 1 amide bonds. The van der Waals surface area contributed by atoms with Gasteiger partial charge in [0.25, 0.3) is 0 Å². The molecule has 26 heavy (non-hydrogen) atoms. The molecule has 1 saturated heterocycles. The van der Waals surface area contributed by atoms with Crippen molar-refractivity contribution in [3.63, 3.8) is 0 Å². The summed E-state index contributed by atoms with van der Waals surface area (Å²) in [6.07, 6.45) is 4.68. The number of rotatable bonds is 3. The molecule has 1 aliphatic heterocycles. The maximum Gasteiger partial charge on any atom is 0.242 e. The molecule has 0 saturated carbocycles. The van der Waals surface area contributed by atoms with Crippen LogP contribution >= 0.6 is 0 Å². The van der Waals surface area contributed by atoms with Crippen molar-refractivity contribution < 1.29 is 4.79 Å². The molecule has 0 spiro atoms. The van der Waals surface area contributed by atoms with Crippen LogP contribution in [0.1, 0.15) is 31.2 Å². The first-order chi connectivity index (χ1) is 12.7. The SMILES string of the molecule is Cc1ccc(-c2nc3ccccc3n2CC(=O)N2CCCCCC2)cc1. The number of carbonyl (C=O) groups is 1. The Bertz CT molecular complexity index is 903. The maximum absolute atomic E-state index is 13.0. The molecule has 0 aliphatic carbocycles. The second-order valence-electron chi connectivity index (χ2n) is 7.17. The van der Waals surface area contributed by atoms with Gasteiger partial charge in [-0.1, -0.05) is 54.8 Å². The number of nitrogens with zero attached hydrogens (tertiary/aromatic N) is 3. The standard InChI is InChI=1S/C22H25N3O/c1-17-10-12-18(13-11-17)22-23-19-8-4-5-9-20(19)25(22)16-21(26)24-14-6-2-3-7-15-24/h4-5,8-13H,2-3,6-7,14-16H2,1H3. The summed E-state index contributed by atoms with van der Waals surface area (Å²) < 4.78 is 2.08. The van der Waals surface area contributed by atoms with Crippen LogP contribution in [0.5, 0.6) is 0 Å². The van der Waals surface area contributed by atoms with Crippen LogP contribution in [0.4, 0.5) is 0 Å². The first kappa shape index (κ1) is 16.8. The average Bonchev–Trinajstić information content (AvgIpc) is 2.84. The largest absolute Gasteiger partial charge is 0.341 e. The summed E-state index contributed by atoms with van der Waals surface area (Å²) in [6, 6.07) is 16.4. The van der Waals surface area contributed by atoms with Gasteiger partial charge in [0.05, 0.1) is 11.0 Å². The number of imidazole rings is 1. The lowest BCUT2D eigenvalue weighted by atomic mass is 10.1. The van der Waals surface area contributed by atoms with E-state index < -0.39 is 0 Å². The number of amides is 1. The Hall–Kier alpha value is -2.62. The molecule has 2 heterocycles. The second kappa shape index (κ2) is 7.32. The predicted molar refractivity (Wildman–Crippen MR) is 105 cm³/mol. The number of hydrogen-bond donors (Lipinski definition) is 0. The summed E-state index contributed by atoms with van der Waals surface area (Å²) in [5.74, 6) is 1.07. The number of hydrogen-bond acceptors (Lipinski definition) is 2. The molecule has 0 bridgehead atoms. The summed E-state index contributed by atoms with van der Waals surface area (Å²) in [6.45, 7) is 4.19. The molecule has 0 radical (unpaired) electrons. The minimum absolute atomic E-state index is 0.198. The van der Waals surface area contributed by atoms with Gasteiger partial charge >= 0.3 is 0 Å². The number of carbonyl (C=O) groups excluding carboxylic acids is 1. The maximum atomic E-state index is 13.0. The molecule has 2 aromatic carbocycles. The van der Waals surface area contributed by atoms with Crippen molar-refractivity contribution in [3.05, 3.63) is 54.1 Å². The first-order valence-corrected chi connectivity index (χ1v) is 9.52. The lowest BCUT2D eigenvalue weighted by Crippen LogP contribution is -2.34. The molecule has 3 aromatic rings. The molecule has 0 unspecified atom stereocenters. The van der Waals surface area contributed by atoms with Crippen molar-refractivity contribution in [2.45, 2.75) is 39.2 Å². The van der Waals surface area contributed by atoms with Crippen molar-refractivity contribution in [2.24, 2.45) is 0 Å². The monoisotopic (exact) mass is 347 g/mol. The van der Waals surface area contributed by atoms with Crippen LogP contribution in [0.15, 0.2) is 48.5 Å². The van der Waals surface area contributed by atoms with Crippen molar-refractivity contribution in [1.29, 1.82) is 0 Å². The zero-order valence-electron chi connectivity index (χ0n) is 15.3. The van der Waals surface area contributed by atoms with E-state index in [2.05, 4.69) is 41.8 Å². The van der Waals surface area contributed by atoms with Gasteiger partial charge in [0.2, 0.25) is 5.91 Å². The van der Waals surface area contributed by atoms with Gasteiger partial charge in [0, 0.05) is 18.7 Å². The third-order valence-corrected chi connectivity index (χ3v) is 5.22. The van der Waals surface area contributed by atoms with Gasteiger partial charge in [0.1, 0.15) is 12.4 Å². The van der Waals surface area contributed by atoms with Crippen LogP contribution in [-0.4, -0.2) is 33.4 Å². The van der Waals surface area contributed by atoms with E-state index in [9.17, 15) is 4.79 Å². The lowest BCUT2D eigenvalue weighted by Gasteiger charge is -2.21. The fourth-order valence-electron chi connectivity index (χ4n) is 3.71. The Morgan fingerprint density at radius 1 is 0.962 bits per heavy atom. The zero-order chi connectivity index (χ0) is 17.9. The smallest absolute Gasteiger partial charge is 0.242 e. The van der Waals surface area contributed by atoms with Crippen LogP contribution in [-0.2, 0) is 11.3 Å². The topological polar surface area (TPSA) is 38.1 Å². The second-order valence-corrected chi connectivity index (χ2v) is 7.17. The van der Waals surface area contributed by atoms with E-state index in [1.165, 1.54) is 18.4 Å². The Labute approximate surface area is 154 Å². The quantitative estimate of drug-likeness (QED) is 0.704. The summed E-state index contributed by atoms with van der Waals surface area (Å²) in [4.78, 5) is 19.8. The van der Waals surface area contributed by atoms with Crippen molar-refractivity contribution in [3.8, 4) is 11.4 Å². The molecule has 4 rings (SSSR count). The van der Waals surface area contributed by atoms with Crippen molar-refractivity contribution >= 4 is 16.9 Å². The van der Waals surface area contributed by atoms with Gasteiger partial charge in [-0.2, -0.15) is 0 Å². The van der Waals surface area contributed by atoms with E-state index >= 15 is 0 Å². The molecular weight excluding hydrogens is 322 g/mol. The normalized spacial score (nSPS) is 15.2. The minimum Gasteiger partial charge on any atom is -0.341 e. The number of para-hydroxylation sites is 2. The fourth-order valence-corrected chi connectivity index (χ4v) is 3.71. The fraction of sp³-hybridized carbons (Fsp3) is 0.364. The first-order valence-electron chi connectivity index (χ1n) is 9.52. The molecule has 1 aromatic heterocycles. The van der Waals surface area contributed by atoms with Crippen LogP contribution in [0.25, 0.3) is 22.4 Å². The van der Waals surface area contributed by atoms with Gasteiger partial charge < -0.3 is 9.47 Å². The van der Waals surface area contributed by atoms with Crippen LogP contribution in [0.2, 0.25) is 0 Å². The van der Waals surface area contributed by atoms with Gasteiger partial charge in [-0.25, -0.2) is 4.98 Å². The van der Waals surface area contributed by atoms with Gasteiger partial charge in [-0.3, -0.25) is 4.79 Å². The molecule has 1 aliphatic rings. The van der Waals surface area contributed by atoms with E-state index in [0.29, 0.717) is 6.54 Å². The third kappa shape index (κ3) is 3.36. The van der Waals surface area contributed by atoms with Crippen LogP contribution in [0, 0.1) is 6.92 Å². The number of aromatic nitrogens is 2. The summed E-state index contributed by atoms with van der Waals surface area (Å²) >= 11 is 0. The van der Waals surface area contributed by atoms with E-state index in [1.807, 2.05) is 23.1 Å². The number of fused-ring (bicyclic) bond motifs is 1. The molecule has 4 nitrogen and oxygen atoms in total. The lowest BCUT2D eigenvalue weighted by molar-refractivity contribution is -0.131. The Morgan fingerprint density at radius 2 is 1.65 bits per heavy atom. The highest BCUT2D eigenvalue weighted by Gasteiger charge is 2.19. The number of aryl methyl sites for hydroxylation is 1. The molecule has 1 fully saturated rings. The minimum atomic E-state index is 0.198. The Balaban J connectivity index is 1.71. The van der Waals surface area contributed by atoms with E-state index in [1.54, 1.807) is 0 Å². The van der Waals surface area contributed by atoms with E-state index in [-0.39, 0.29) is 5.91 Å².